The summed E-state index contributed by atoms with van der Waals surface area (Å²) in [6.07, 6.45) is 7.73. The van der Waals surface area contributed by atoms with Crippen molar-refractivity contribution in [2.45, 2.75) is 57.4 Å². The van der Waals surface area contributed by atoms with Crippen LogP contribution in [0.25, 0.3) is 0 Å². The average Bonchev–Trinajstić information content (AvgIpc) is 3.19. The summed E-state index contributed by atoms with van der Waals surface area (Å²) in [6.45, 7) is 3.34. The quantitative estimate of drug-likeness (QED) is 0.821. The highest BCUT2D eigenvalue weighted by Gasteiger charge is 2.50. The van der Waals surface area contributed by atoms with Gasteiger partial charge >= 0.3 is 0 Å². The van der Waals surface area contributed by atoms with Crippen LogP contribution in [0.15, 0.2) is 30.3 Å². The normalized spacial score (nSPS) is 28.0. The van der Waals surface area contributed by atoms with Crippen LogP contribution in [0.4, 0.5) is 0 Å². The Balaban J connectivity index is 1.24. The Morgan fingerprint density at radius 1 is 1.11 bits per heavy atom. The van der Waals surface area contributed by atoms with Gasteiger partial charge in [-0.05, 0) is 50.1 Å². The minimum absolute atomic E-state index is 0.180. The maximum Gasteiger partial charge on any atom is 0.228 e. The molecule has 3 fully saturated rings. The molecule has 0 unspecified atom stereocenters. The van der Waals surface area contributed by atoms with E-state index < -0.39 is 0 Å². The number of aryl methyl sites for hydroxylation is 1. The molecule has 1 aromatic rings. The monoisotopic (exact) mass is 383 g/mol. The molecule has 2 aliphatic heterocycles. The number of nitrogens with zero attached hydrogens (tertiary/aromatic N) is 1. The van der Waals surface area contributed by atoms with E-state index in [0.29, 0.717) is 12.3 Å². The average molecular weight is 384 g/mol. The minimum Gasteiger partial charge on any atom is -0.353 e. The van der Waals surface area contributed by atoms with Crippen molar-refractivity contribution in [1.82, 2.24) is 15.5 Å². The third-order valence-corrected chi connectivity index (χ3v) is 7.14. The van der Waals surface area contributed by atoms with Gasteiger partial charge in [0.1, 0.15) is 0 Å². The lowest BCUT2D eigenvalue weighted by atomic mass is 9.67. The van der Waals surface area contributed by atoms with Gasteiger partial charge in [0.05, 0.1) is 5.41 Å². The number of rotatable bonds is 5. The van der Waals surface area contributed by atoms with Gasteiger partial charge in [0.15, 0.2) is 0 Å². The molecule has 152 valence electrons. The molecule has 28 heavy (non-hydrogen) atoms. The predicted molar refractivity (Wildman–Crippen MR) is 110 cm³/mol. The van der Waals surface area contributed by atoms with Crippen molar-refractivity contribution < 1.29 is 9.59 Å². The van der Waals surface area contributed by atoms with E-state index >= 15 is 0 Å². The minimum atomic E-state index is -0.180. The number of hydrogen-bond donors (Lipinski definition) is 2. The van der Waals surface area contributed by atoms with Gasteiger partial charge < -0.3 is 15.5 Å². The standard InChI is InChI=1S/C23H33N3O2/c27-21(10-9-18-6-2-1-3-7-18)26-14-11-20(12-15-26)25-22(28)23-13-5-4-8-19(23)16-24-17-23/h1-3,6-7,19-20,24H,4-5,8-17H2,(H,25,28)/t19-,23+/m0/s1. The van der Waals surface area contributed by atoms with Crippen LogP contribution >= 0.6 is 0 Å². The summed E-state index contributed by atoms with van der Waals surface area (Å²) in [4.78, 5) is 27.6. The summed E-state index contributed by atoms with van der Waals surface area (Å²) in [5.74, 6) is 0.997. The van der Waals surface area contributed by atoms with E-state index in [1.807, 2.05) is 23.1 Å². The zero-order valence-corrected chi connectivity index (χ0v) is 16.8. The molecule has 0 bridgehead atoms. The molecule has 0 spiro atoms. The molecule has 1 aliphatic carbocycles. The van der Waals surface area contributed by atoms with Gasteiger partial charge in [-0.15, -0.1) is 0 Å². The highest BCUT2D eigenvalue weighted by Crippen LogP contribution is 2.44. The fraction of sp³-hybridized carbons (Fsp3) is 0.652. The van der Waals surface area contributed by atoms with Crippen LogP contribution < -0.4 is 10.6 Å². The molecule has 4 rings (SSSR count). The Morgan fingerprint density at radius 2 is 1.89 bits per heavy atom. The molecule has 3 aliphatic rings. The lowest BCUT2D eigenvalue weighted by Gasteiger charge is -2.39. The first-order chi connectivity index (χ1) is 13.7. The number of likely N-dealkylation sites (tertiary alicyclic amines) is 1. The fourth-order valence-electron chi connectivity index (χ4n) is 5.35. The van der Waals surface area contributed by atoms with Crippen molar-refractivity contribution in [3.63, 3.8) is 0 Å². The van der Waals surface area contributed by atoms with Crippen molar-refractivity contribution in [2.24, 2.45) is 11.3 Å². The second-order valence-electron chi connectivity index (χ2n) is 8.84. The largest absolute Gasteiger partial charge is 0.353 e. The van der Waals surface area contributed by atoms with Crippen LogP contribution in [-0.2, 0) is 16.0 Å². The summed E-state index contributed by atoms with van der Waals surface area (Å²) in [5.41, 5.74) is 1.03. The third kappa shape index (κ3) is 4.09. The van der Waals surface area contributed by atoms with Crippen molar-refractivity contribution >= 4 is 11.8 Å². The fourth-order valence-corrected chi connectivity index (χ4v) is 5.35. The maximum absolute atomic E-state index is 13.1. The molecule has 5 nitrogen and oxygen atoms in total. The number of hydrogen-bond acceptors (Lipinski definition) is 3. The van der Waals surface area contributed by atoms with Gasteiger partial charge in [0, 0.05) is 32.1 Å². The Hall–Kier alpha value is -1.88. The Bertz CT molecular complexity index is 684. The van der Waals surface area contributed by atoms with E-state index in [0.717, 1.165) is 51.9 Å². The highest BCUT2D eigenvalue weighted by atomic mass is 16.2. The van der Waals surface area contributed by atoms with E-state index in [1.54, 1.807) is 0 Å². The number of nitrogens with one attached hydrogen (secondary N) is 2. The van der Waals surface area contributed by atoms with Gasteiger partial charge in [-0.3, -0.25) is 9.59 Å². The zero-order chi connectivity index (χ0) is 19.4. The van der Waals surface area contributed by atoms with Crippen LogP contribution in [0, 0.1) is 11.3 Å². The first-order valence-corrected chi connectivity index (χ1v) is 11.0. The molecule has 2 saturated heterocycles. The number of fused-ring (bicyclic) bond motifs is 1. The topological polar surface area (TPSA) is 61.4 Å². The molecule has 0 aromatic heterocycles. The number of piperidine rings is 1. The van der Waals surface area contributed by atoms with Crippen LogP contribution in [0.5, 0.6) is 0 Å². The van der Waals surface area contributed by atoms with Gasteiger partial charge in [-0.25, -0.2) is 0 Å². The molecule has 2 amide bonds. The molecule has 2 heterocycles. The Labute approximate surface area is 168 Å². The van der Waals surface area contributed by atoms with Crippen molar-refractivity contribution in [1.29, 1.82) is 0 Å². The predicted octanol–water partition coefficient (Wildman–Crippen LogP) is 2.51. The van der Waals surface area contributed by atoms with Crippen LogP contribution in [-0.4, -0.2) is 48.9 Å². The molecule has 1 saturated carbocycles. The van der Waals surface area contributed by atoms with Gasteiger partial charge in [-0.2, -0.15) is 0 Å². The van der Waals surface area contributed by atoms with Crippen molar-refractivity contribution in [3.05, 3.63) is 35.9 Å². The highest BCUT2D eigenvalue weighted by molar-refractivity contribution is 5.84. The smallest absolute Gasteiger partial charge is 0.228 e. The molecule has 2 atom stereocenters. The molecular weight excluding hydrogens is 350 g/mol. The molecule has 1 aromatic carbocycles. The van der Waals surface area contributed by atoms with E-state index in [4.69, 9.17) is 0 Å². The second-order valence-corrected chi connectivity index (χ2v) is 8.84. The van der Waals surface area contributed by atoms with Crippen LogP contribution in [0.3, 0.4) is 0 Å². The second kappa shape index (κ2) is 8.64. The zero-order valence-electron chi connectivity index (χ0n) is 16.8. The van der Waals surface area contributed by atoms with E-state index in [9.17, 15) is 9.59 Å². The number of carbonyl (C=O) groups is 2. The van der Waals surface area contributed by atoms with E-state index in [-0.39, 0.29) is 23.3 Å². The summed E-state index contributed by atoms with van der Waals surface area (Å²) < 4.78 is 0. The summed E-state index contributed by atoms with van der Waals surface area (Å²) >= 11 is 0. The van der Waals surface area contributed by atoms with Gasteiger partial charge in [0.25, 0.3) is 0 Å². The Kier molecular flexibility index (Phi) is 6.00. The summed E-state index contributed by atoms with van der Waals surface area (Å²) in [5, 5.41) is 6.81. The van der Waals surface area contributed by atoms with Gasteiger partial charge in [-0.1, -0.05) is 43.2 Å². The third-order valence-electron chi connectivity index (χ3n) is 7.14. The van der Waals surface area contributed by atoms with Crippen LogP contribution in [0.2, 0.25) is 0 Å². The molecule has 5 heteroatoms. The number of amides is 2. The van der Waals surface area contributed by atoms with E-state index in [1.165, 1.54) is 24.8 Å². The SMILES string of the molecule is O=C(CCc1ccccc1)N1CCC(NC(=O)[C@@]23CCCC[C@H]2CNC3)CC1. The van der Waals surface area contributed by atoms with Crippen LogP contribution in [0.1, 0.15) is 50.5 Å². The maximum atomic E-state index is 13.1. The lowest BCUT2D eigenvalue weighted by molar-refractivity contribution is -0.135. The lowest BCUT2D eigenvalue weighted by Crippen LogP contribution is -2.53. The molecule has 2 N–H and O–H groups in total. The molecular formula is C23H33N3O2. The number of carbonyl (C=O) groups excluding carboxylic acids is 2. The van der Waals surface area contributed by atoms with Gasteiger partial charge in [0.2, 0.25) is 11.8 Å². The molecule has 0 radical (unpaired) electrons. The first-order valence-electron chi connectivity index (χ1n) is 11.0. The summed E-state index contributed by atoms with van der Waals surface area (Å²) in [6, 6.07) is 10.4. The number of benzene rings is 1. The van der Waals surface area contributed by atoms with Crippen molar-refractivity contribution in [3.8, 4) is 0 Å². The Morgan fingerprint density at radius 3 is 2.68 bits per heavy atom. The van der Waals surface area contributed by atoms with E-state index in [2.05, 4.69) is 22.8 Å². The first kappa shape index (κ1) is 19.4. The van der Waals surface area contributed by atoms with Crippen molar-refractivity contribution in [2.75, 3.05) is 26.2 Å². The summed E-state index contributed by atoms with van der Waals surface area (Å²) in [7, 11) is 0.